The zero-order chi connectivity index (χ0) is 13.8. The summed E-state index contributed by atoms with van der Waals surface area (Å²) in [6.45, 7) is 4.77. The number of likely N-dealkylation sites (tertiary alicyclic amines) is 1. The van der Waals surface area contributed by atoms with Crippen LogP contribution >= 0.6 is 24.8 Å². The average molecular weight is 334 g/mol. The van der Waals surface area contributed by atoms with Crippen molar-refractivity contribution in [3.63, 3.8) is 0 Å². The minimum Gasteiger partial charge on any atom is -0.338 e. The van der Waals surface area contributed by atoms with E-state index in [1.165, 1.54) is 6.42 Å². The van der Waals surface area contributed by atoms with Gasteiger partial charge in [-0.2, -0.15) is 0 Å². The fourth-order valence-corrected chi connectivity index (χ4v) is 2.69. The third-order valence-electron chi connectivity index (χ3n) is 3.80. The van der Waals surface area contributed by atoms with Crippen LogP contribution in [0.5, 0.6) is 0 Å². The number of carbonyl (C=O) groups excluding carboxylic acids is 1. The third kappa shape index (κ3) is 5.46. The molecule has 0 aromatic carbocycles. The van der Waals surface area contributed by atoms with Crippen molar-refractivity contribution in [2.75, 3.05) is 6.54 Å². The summed E-state index contributed by atoms with van der Waals surface area (Å²) in [4.78, 5) is 18.6. The second-order valence-electron chi connectivity index (χ2n) is 5.49. The Balaban J connectivity index is 0.00000200. The molecular weight excluding hydrogens is 309 g/mol. The van der Waals surface area contributed by atoms with Crippen LogP contribution < -0.4 is 5.73 Å². The molecule has 1 aliphatic heterocycles. The van der Waals surface area contributed by atoms with E-state index in [1.807, 2.05) is 30.9 Å². The van der Waals surface area contributed by atoms with Crippen molar-refractivity contribution in [2.45, 2.75) is 51.6 Å². The molecule has 1 fully saturated rings. The van der Waals surface area contributed by atoms with Crippen molar-refractivity contribution in [1.29, 1.82) is 0 Å². The van der Waals surface area contributed by atoms with Gasteiger partial charge < -0.3 is 10.6 Å². The second-order valence-corrected chi connectivity index (χ2v) is 5.49. The molecule has 6 heteroatoms. The van der Waals surface area contributed by atoms with Gasteiger partial charge in [-0.3, -0.25) is 9.78 Å². The van der Waals surface area contributed by atoms with Crippen LogP contribution in [0.15, 0.2) is 18.3 Å². The van der Waals surface area contributed by atoms with E-state index in [0.717, 1.165) is 30.6 Å². The zero-order valence-electron chi connectivity index (χ0n) is 12.6. The molecule has 0 spiro atoms. The molecule has 120 valence electrons. The van der Waals surface area contributed by atoms with Gasteiger partial charge in [-0.25, -0.2) is 0 Å². The largest absolute Gasteiger partial charge is 0.338 e. The number of rotatable bonds is 3. The van der Waals surface area contributed by atoms with Crippen LogP contribution in [-0.4, -0.2) is 34.4 Å². The topological polar surface area (TPSA) is 59.2 Å². The highest BCUT2D eigenvalue weighted by molar-refractivity contribution is 5.85. The Labute approximate surface area is 139 Å². The first kappa shape index (κ1) is 20.2. The number of aromatic nitrogens is 1. The molecule has 0 aliphatic carbocycles. The van der Waals surface area contributed by atoms with E-state index in [2.05, 4.69) is 4.98 Å². The summed E-state index contributed by atoms with van der Waals surface area (Å²) in [5.41, 5.74) is 7.95. The molecular formula is C15H25Cl2N3O. The predicted octanol–water partition coefficient (Wildman–Crippen LogP) is 2.50. The van der Waals surface area contributed by atoms with E-state index in [-0.39, 0.29) is 42.8 Å². The third-order valence-corrected chi connectivity index (χ3v) is 3.80. The number of halogens is 2. The van der Waals surface area contributed by atoms with Gasteiger partial charge in [0.05, 0.1) is 6.42 Å². The van der Waals surface area contributed by atoms with E-state index in [1.54, 1.807) is 6.20 Å². The lowest BCUT2D eigenvalue weighted by Crippen LogP contribution is -2.52. The first-order valence-electron chi connectivity index (χ1n) is 7.04. The summed E-state index contributed by atoms with van der Waals surface area (Å²) in [6, 6.07) is 4.16. The Kier molecular flexibility index (Phi) is 8.86. The van der Waals surface area contributed by atoms with Crippen LogP contribution in [-0.2, 0) is 11.2 Å². The molecule has 2 heterocycles. The van der Waals surface area contributed by atoms with Gasteiger partial charge in [-0.05, 0) is 44.7 Å². The number of aryl methyl sites for hydroxylation is 1. The molecule has 1 aromatic heterocycles. The van der Waals surface area contributed by atoms with Crippen LogP contribution in [0.4, 0.5) is 0 Å². The quantitative estimate of drug-likeness (QED) is 0.924. The second kappa shape index (κ2) is 9.23. The van der Waals surface area contributed by atoms with Crippen LogP contribution in [0.1, 0.15) is 37.4 Å². The SMILES string of the molecule is Cc1ccc(CC(=O)N2CCCCC2C(C)N)cn1.Cl.Cl. The van der Waals surface area contributed by atoms with Crippen molar-refractivity contribution >= 4 is 30.7 Å². The molecule has 4 nitrogen and oxygen atoms in total. The number of hydrogen-bond donors (Lipinski definition) is 1. The fourth-order valence-electron chi connectivity index (χ4n) is 2.69. The van der Waals surface area contributed by atoms with Crippen molar-refractivity contribution in [2.24, 2.45) is 5.73 Å². The smallest absolute Gasteiger partial charge is 0.227 e. The Morgan fingerprint density at radius 1 is 1.43 bits per heavy atom. The summed E-state index contributed by atoms with van der Waals surface area (Å²) in [6.07, 6.45) is 5.49. The number of pyridine rings is 1. The molecule has 0 bridgehead atoms. The summed E-state index contributed by atoms with van der Waals surface area (Å²) in [7, 11) is 0. The molecule has 0 radical (unpaired) electrons. The Bertz CT molecular complexity index is 437. The van der Waals surface area contributed by atoms with Crippen molar-refractivity contribution < 1.29 is 4.79 Å². The van der Waals surface area contributed by atoms with Crippen molar-refractivity contribution in [3.8, 4) is 0 Å². The highest BCUT2D eigenvalue weighted by atomic mass is 35.5. The first-order valence-corrected chi connectivity index (χ1v) is 7.04. The van der Waals surface area contributed by atoms with E-state index < -0.39 is 0 Å². The first-order chi connectivity index (χ1) is 9.08. The Morgan fingerprint density at radius 3 is 2.71 bits per heavy atom. The molecule has 1 amide bonds. The molecule has 0 saturated carbocycles. The number of piperidine rings is 1. The highest BCUT2D eigenvalue weighted by Crippen LogP contribution is 2.20. The van der Waals surface area contributed by atoms with E-state index >= 15 is 0 Å². The summed E-state index contributed by atoms with van der Waals surface area (Å²) in [5.74, 6) is 0.174. The van der Waals surface area contributed by atoms with Gasteiger partial charge in [0.1, 0.15) is 0 Å². The Morgan fingerprint density at radius 2 is 2.14 bits per heavy atom. The lowest BCUT2D eigenvalue weighted by Gasteiger charge is -2.38. The number of nitrogens with zero attached hydrogens (tertiary/aromatic N) is 2. The monoisotopic (exact) mass is 333 g/mol. The summed E-state index contributed by atoms with van der Waals surface area (Å²) in [5, 5.41) is 0. The van der Waals surface area contributed by atoms with Crippen LogP contribution in [0.25, 0.3) is 0 Å². The Hall–Kier alpha value is -0.840. The standard InChI is InChI=1S/C15H23N3O.2ClH/c1-11-6-7-13(10-17-11)9-15(19)18-8-4-3-5-14(18)12(2)16;;/h6-7,10,12,14H,3-5,8-9,16H2,1-2H3;2*1H. The number of carbonyl (C=O) groups is 1. The normalized spacial score (nSPS) is 19.2. The summed E-state index contributed by atoms with van der Waals surface area (Å²) >= 11 is 0. The number of nitrogens with two attached hydrogens (primary N) is 1. The molecule has 21 heavy (non-hydrogen) atoms. The van der Waals surface area contributed by atoms with Crippen molar-refractivity contribution in [1.82, 2.24) is 9.88 Å². The molecule has 1 saturated heterocycles. The van der Waals surface area contributed by atoms with Gasteiger partial charge in [-0.15, -0.1) is 24.8 Å². The lowest BCUT2D eigenvalue weighted by atomic mass is 9.96. The minimum atomic E-state index is 0. The van der Waals surface area contributed by atoms with Crippen LogP contribution in [0, 0.1) is 6.92 Å². The molecule has 1 aliphatic rings. The van der Waals surface area contributed by atoms with Crippen LogP contribution in [0.3, 0.4) is 0 Å². The number of amides is 1. The lowest BCUT2D eigenvalue weighted by molar-refractivity contribution is -0.134. The number of hydrogen-bond acceptors (Lipinski definition) is 3. The van der Waals surface area contributed by atoms with Gasteiger partial charge in [0.15, 0.2) is 0 Å². The molecule has 2 N–H and O–H groups in total. The highest BCUT2D eigenvalue weighted by Gasteiger charge is 2.28. The van der Waals surface area contributed by atoms with Gasteiger partial charge in [0.25, 0.3) is 0 Å². The maximum atomic E-state index is 12.4. The predicted molar refractivity (Wildman–Crippen MR) is 90.2 cm³/mol. The van der Waals surface area contributed by atoms with Gasteiger partial charge in [-0.1, -0.05) is 6.07 Å². The van der Waals surface area contributed by atoms with E-state index in [4.69, 9.17) is 5.73 Å². The molecule has 2 rings (SSSR count). The average Bonchev–Trinajstić information content (AvgIpc) is 2.41. The van der Waals surface area contributed by atoms with E-state index in [9.17, 15) is 4.79 Å². The van der Waals surface area contributed by atoms with Gasteiger partial charge >= 0.3 is 0 Å². The molecule has 2 unspecified atom stereocenters. The van der Waals surface area contributed by atoms with E-state index in [0.29, 0.717) is 6.42 Å². The van der Waals surface area contributed by atoms with Crippen molar-refractivity contribution in [3.05, 3.63) is 29.6 Å². The maximum Gasteiger partial charge on any atom is 0.227 e. The fraction of sp³-hybridized carbons (Fsp3) is 0.600. The van der Waals surface area contributed by atoms with Crippen LogP contribution in [0.2, 0.25) is 0 Å². The minimum absolute atomic E-state index is 0. The van der Waals surface area contributed by atoms with Gasteiger partial charge in [0.2, 0.25) is 5.91 Å². The maximum absolute atomic E-state index is 12.4. The molecule has 1 aromatic rings. The molecule has 2 atom stereocenters. The summed E-state index contributed by atoms with van der Waals surface area (Å²) < 4.78 is 0. The zero-order valence-corrected chi connectivity index (χ0v) is 14.3. The van der Waals surface area contributed by atoms with Gasteiger partial charge in [0, 0.05) is 30.5 Å².